The van der Waals surface area contributed by atoms with E-state index in [1.165, 1.54) is 0 Å². The number of piperidine rings is 1. The Morgan fingerprint density at radius 2 is 1.58 bits per heavy atom. The van der Waals surface area contributed by atoms with Crippen molar-refractivity contribution in [1.29, 1.82) is 0 Å². The molecule has 2 aliphatic rings. The number of carbonyl (C=O) groups is 3. The molecule has 2 N–H and O–H groups in total. The maximum Gasteiger partial charge on any atom is 0.335 e. The SMILES string of the molecule is C[N+](C)(CCc1ccc(C(=O)O)cc1)C1(C(=O)[O-])CCN(C(=O)[C@](O)(c2ccccc2)C2CCCC2)CC1. The molecule has 0 bridgehead atoms. The Morgan fingerprint density at radius 1 is 1.00 bits per heavy atom. The number of amides is 1. The molecule has 8 nitrogen and oxygen atoms in total. The van der Waals surface area contributed by atoms with Gasteiger partial charge in [-0.3, -0.25) is 4.79 Å². The minimum Gasteiger partial charge on any atom is -0.544 e. The maximum absolute atomic E-state index is 13.9. The van der Waals surface area contributed by atoms with Gasteiger partial charge in [0.15, 0.2) is 5.60 Å². The standard InChI is InChI=1S/C30H38N2O6/c1-32(2,21-16-22-12-14-23(15-13-22)26(33)34)29(28(36)37)17-19-31(20-18-29)27(35)30(38,25-10-6-7-11-25)24-8-4-3-5-9-24/h3-5,8-9,12-15,25,38H,6-7,10-11,16-21H2,1-2H3,(H-,33,34,36,37)/t30-/m0/s1. The maximum atomic E-state index is 13.9. The Labute approximate surface area is 224 Å². The number of carboxylic acids is 2. The van der Waals surface area contributed by atoms with Gasteiger partial charge in [0.2, 0.25) is 0 Å². The monoisotopic (exact) mass is 522 g/mol. The van der Waals surface area contributed by atoms with Gasteiger partial charge in [-0.15, -0.1) is 0 Å². The predicted molar refractivity (Wildman–Crippen MR) is 140 cm³/mol. The van der Waals surface area contributed by atoms with Crippen molar-refractivity contribution in [2.45, 2.75) is 56.1 Å². The lowest BCUT2D eigenvalue weighted by Crippen LogP contribution is -2.72. The summed E-state index contributed by atoms with van der Waals surface area (Å²) in [5.41, 5.74) is -1.08. The molecular formula is C30H38N2O6. The number of quaternary nitrogens is 1. The van der Waals surface area contributed by atoms with Crippen molar-refractivity contribution in [1.82, 2.24) is 4.90 Å². The number of hydrogen-bond donors (Lipinski definition) is 2. The van der Waals surface area contributed by atoms with Crippen LogP contribution in [0.5, 0.6) is 0 Å². The van der Waals surface area contributed by atoms with Gasteiger partial charge < -0.3 is 29.5 Å². The molecule has 0 spiro atoms. The van der Waals surface area contributed by atoms with E-state index in [0.29, 0.717) is 18.5 Å². The molecule has 1 saturated heterocycles. The number of benzene rings is 2. The number of aliphatic carboxylic acids is 1. The average Bonchev–Trinajstić information content (AvgIpc) is 3.47. The topological polar surface area (TPSA) is 118 Å². The first-order chi connectivity index (χ1) is 18.0. The van der Waals surface area contributed by atoms with Crippen molar-refractivity contribution in [2.24, 2.45) is 5.92 Å². The molecule has 38 heavy (non-hydrogen) atoms. The minimum atomic E-state index is -1.62. The molecule has 1 amide bonds. The molecule has 0 unspecified atom stereocenters. The molecule has 1 atom stereocenters. The first-order valence-corrected chi connectivity index (χ1v) is 13.5. The molecule has 1 heterocycles. The number of likely N-dealkylation sites (tertiary alicyclic amines) is 1. The molecule has 1 saturated carbocycles. The molecular weight excluding hydrogens is 484 g/mol. The van der Waals surface area contributed by atoms with E-state index in [9.17, 15) is 24.6 Å². The number of hydrogen-bond acceptors (Lipinski definition) is 5. The largest absolute Gasteiger partial charge is 0.544 e. The van der Waals surface area contributed by atoms with Crippen LogP contribution in [0.2, 0.25) is 0 Å². The first-order valence-electron chi connectivity index (χ1n) is 13.5. The van der Waals surface area contributed by atoms with Gasteiger partial charge in [0, 0.05) is 38.3 Å². The molecule has 204 valence electrons. The Kier molecular flexibility index (Phi) is 7.95. The van der Waals surface area contributed by atoms with Crippen molar-refractivity contribution in [2.75, 3.05) is 33.7 Å². The molecule has 4 rings (SSSR count). The Bertz CT molecular complexity index is 1150. The van der Waals surface area contributed by atoms with Gasteiger partial charge >= 0.3 is 5.97 Å². The lowest BCUT2D eigenvalue weighted by molar-refractivity contribution is -0.935. The Hall–Kier alpha value is -3.23. The Balaban J connectivity index is 1.50. The van der Waals surface area contributed by atoms with Gasteiger partial charge in [0.05, 0.1) is 26.2 Å². The summed E-state index contributed by atoms with van der Waals surface area (Å²) >= 11 is 0. The van der Waals surface area contributed by atoms with Crippen LogP contribution in [0.1, 0.15) is 60.0 Å². The van der Waals surface area contributed by atoms with Crippen LogP contribution in [0.25, 0.3) is 0 Å². The van der Waals surface area contributed by atoms with E-state index in [-0.39, 0.29) is 47.8 Å². The highest BCUT2D eigenvalue weighted by Crippen LogP contribution is 2.43. The predicted octanol–water partition coefficient (Wildman–Crippen LogP) is 2.19. The van der Waals surface area contributed by atoms with Crippen LogP contribution >= 0.6 is 0 Å². The third-order valence-corrected chi connectivity index (χ3v) is 9.06. The summed E-state index contributed by atoms with van der Waals surface area (Å²) in [5.74, 6) is -2.63. The van der Waals surface area contributed by atoms with Crippen LogP contribution in [0, 0.1) is 5.92 Å². The summed E-state index contributed by atoms with van der Waals surface area (Å²) in [6.45, 7) is 0.956. The minimum absolute atomic E-state index is 0.162. The first kappa shape index (κ1) is 27.8. The van der Waals surface area contributed by atoms with E-state index >= 15 is 0 Å². The van der Waals surface area contributed by atoms with Crippen LogP contribution in [0.15, 0.2) is 54.6 Å². The fourth-order valence-electron chi connectivity index (χ4n) is 6.38. The highest BCUT2D eigenvalue weighted by molar-refractivity contribution is 5.88. The van der Waals surface area contributed by atoms with E-state index in [4.69, 9.17) is 5.11 Å². The number of aromatic carboxylic acids is 1. The number of rotatable bonds is 9. The second-order valence-corrected chi connectivity index (χ2v) is 11.4. The average molecular weight is 523 g/mol. The fraction of sp³-hybridized carbons (Fsp3) is 0.500. The van der Waals surface area contributed by atoms with Gasteiger partial charge in [-0.05, 0) is 36.1 Å². The molecule has 8 heteroatoms. The molecule has 1 aliphatic heterocycles. The quantitative estimate of drug-likeness (QED) is 0.488. The van der Waals surface area contributed by atoms with Crippen LogP contribution in [0.4, 0.5) is 0 Å². The van der Waals surface area contributed by atoms with Crippen molar-refractivity contribution in [3.05, 3.63) is 71.3 Å². The smallest absolute Gasteiger partial charge is 0.335 e. The van der Waals surface area contributed by atoms with Gasteiger partial charge in [-0.2, -0.15) is 0 Å². The van der Waals surface area contributed by atoms with E-state index in [1.54, 1.807) is 41.3 Å². The summed E-state index contributed by atoms with van der Waals surface area (Å²) in [6, 6.07) is 15.7. The van der Waals surface area contributed by atoms with Crippen molar-refractivity contribution >= 4 is 17.8 Å². The van der Waals surface area contributed by atoms with Crippen LogP contribution in [0.3, 0.4) is 0 Å². The van der Waals surface area contributed by atoms with Crippen LogP contribution in [-0.4, -0.2) is 76.7 Å². The summed E-state index contributed by atoms with van der Waals surface area (Å²) in [6.07, 6.45) is 4.54. The van der Waals surface area contributed by atoms with E-state index in [1.807, 2.05) is 32.3 Å². The summed E-state index contributed by atoms with van der Waals surface area (Å²) < 4.78 is 0.170. The lowest BCUT2D eigenvalue weighted by atomic mass is 9.77. The molecule has 2 aromatic carbocycles. The molecule has 1 aliphatic carbocycles. The summed E-state index contributed by atoms with van der Waals surface area (Å²) in [5, 5.41) is 33.6. The lowest BCUT2D eigenvalue weighted by Gasteiger charge is -2.53. The number of carboxylic acid groups (broad SMARTS) is 2. The number of aliphatic hydroxyl groups is 1. The molecule has 2 aromatic rings. The van der Waals surface area contributed by atoms with Crippen molar-refractivity contribution in [3.8, 4) is 0 Å². The zero-order chi connectivity index (χ0) is 27.6. The fourth-order valence-corrected chi connectivity index (χ4v) is 6.38. The molecule has 0 aromatic heterocycles. The number of likely N-dealkylation sites (N-methyl/N-ethyl adjacent to an activating group) is 1. The normalized spacial score (nSPS) is 19.6. The van der Waals surface area contributed by atoms with E-state index < -0.39 is 23.1 Å². The van der Waals surface area contributed by atoms with E-state index in [2.05, 4.69) is 0 Å². The third-order valence-electron chi connectivity index (χ3n) is 9.06. The zero-order valence-corrected chi connectivity index (χ0v) is 22.3. The summed E-state index contributed by atoms with van der Waals surface area (Å²) in [4.78, 5) is 39.3. The van der Waals surface area contributed by atoms with E-state index in [0.717, 1.165) is 31.2 Å². The van der Waals surface area contributed by atoms with Crippen molar-refractivity contribution < 1.29 is 34.2 Å². The van der Waals surface area contributed by atoms with Gasteiger partial charge in [-0.1, -0.05) is 55.3 Å². The number of carbonyl (C=O) groups excluding carboxylic acids is 2. The highest BCUT2D eigenvalue weighted by atomic mass is 16.4. The second kappa shape index (κ2) is 10.9. The Morgan fingerprint density at radius 3 is 2.11 bits per heavy atom. The van der Waals surface area contributed by atoms with Gasteiger partial charge in [-0.25, -0.2) is 4.79 Å². The van der Waals surface area contributed by atoms with Crippen molar-refractivity contribution in [3.63, 3.8) is 0 Å². The second-order valence-electron chi connectivity index (χ2n) is 11.4. The number of nitrogens with zero attached hydrogens (tertiary/aromatic N) is 2. The van der Waals surface area contributed by atoms with Gasteiger partial charge in [0.1, 0.15) is 11.5 Å². The van der Waals surface area contributed by atoms with Gasteiger partial charge in [0.25, 0.3) is 5.91 Å². The molecule has 0 radical (unpaired) electrons. The molecule has 2 fully saturated rings. The summed E-state index contributed by atoms with van der Waals surface area (Å²) in [7, 11) is 3.75. The highest BCUT2D eigenvalue weighted by Gasteiger charge is 2.53. The van der Waals surface area contributed by atoms with Crippen LogP contribution in [-0.2, 0) is 21.6 Å². The zero-order valence-electron chi connectivity index (χ0n) is 22.3. The van der Waals surface area contributed by atoms with Crippen LogP contribution < -0.4 is 5.11 Å². The third kappa shape index (κ3) is 5.07.